The van der Waals surface area contributed by atoms with Crippen molar-refractivity contribution >= 4 is 0 Å². The minimum Gasteiger partial charge on any atom is -0.387 e. The number of rotatable bonds is 4. The minimum absolute atomic E-state index is 0.351. The van der Waals surface area contributed by atoms with Gasteiger partial charge in [0.1, 0.15) is 0 Å². The number of nitrogens with zero attached hydrogens (tertiary/aromatic N) is 1. The normalized spacial score (nSPS) is 22.4. The number of β-amino-alcohol motifs (C(OH)–C–C–N with tert-alkyl or cyclic N) is 1. The smallest absolute Gasteiger partial charge is 0.0919 e. The number of likely N-dealkylation sites (tertiary alicyclic amines) is 1. The number of hydrogen-bond donors (Lipinski definition) is 1. The summed E-state index contributed by atoms with van der Waals surface area (Å²) in [5.41, 5.74) is 3.55. The molecular formula is C17H27NO. The van der Waals surface area contributed by atoms with Gasteiger partial charge in [-0.25, -0.2) is 0 Å². The van der Waals surface area contributed by atoms with Gasteiger partial charge in [0.2, 0.25) is 0 Å². The molecule has 1 fully saturated rings. The van der Waals surface area contributed by atoms with E-state index in [9.17, 15) is 5.11 Å². The molecule has 19 heavy (non-hydrogen) atoms. The van der Waals surface area contributed by atoms with Crippen molar-refractivity contribution < 1.29 is 5.11 Å². The average Bonchev–Trinajstić information content (AvgIpc) is 2.38. The summed E-state index contributed by atoms with van der Waals surface area (Å²) < 4.78 is 0. The Hall–Kier alpha value is -0.860. The Morgan fingerprint density at radius 2 is 2.16 bits per heavy atom. The third-order valence-corrected chi connectivity index (χ3v) is 4.40. The molecule has 1 N–H and O–H groups in total. The van der Waals surface area contributed by atoms with Gasteiger partial charge in [-0.2, -0.15) is 0 Å². The third-order valence-electron chi connectivity index (χ3n) is 4.40. The molecule has 2 atom stereocenters. The van der Waals surface area contributed by atoms with Gasteiger partial charge in [-0.1, -0.05) is 37.1 Å². The highest BCUT2D eigenvalue weighted by molar-refractivity contribution is 5.32. The summed E-state index contributed by atoms with van der Waals surface area (Å²) in [6.45, 7) is 9.53. The highest BCUT2D eigenvalue weighted by atomic mass is 16.3. The van der Waals surface area contributed by atoms with Crippen LogP contribution in [0.25, 0.3) is 0 Å². The van der Waals surface area contributed by atoms with E-state index in [2.05, 4.69) is 43.9 Å². The fraction of sp³-hybridized carbons (Fsp3) is 0.647. The lowest BCUT2D eigenvalue weighted by molar-refractivity contribution is 0.0833. The van der Waals surface area contributed by atoms with Crippen molar-refractivity contribution in [2.24, 2.45) is 5.92 Å². The molecule has 2 unspecified atom stereocenters. The standard InChI is InChI=1S/C17H27NO/c1-4-15-6-5-9-18(11-15)12-17(19)16-8-7-13(2)10-14(16)3/h7-8,10,15,17,19H,4-6,9,11-12H2,1-3H3. The van der Waals surface area contributed by atoms with Gasteiger partial charge in [0.25, 0.3) is 0 Å². The van der Waals surface area contributed by atoms with E-state index >= 15 is 0 Å². The molecule has 0 amide bonds. The summed E-state index contributed by atoms with van der Waals surface area (Å²) in [5, 5.41) is 10.5. The second-order valence-corrected chi connectivity index (χ2v) is 6.05. The van der Waals surface area contributed by atoms with Crippen LogP contribution < -0.4 is 0 Å². The Balaban J connectivity index is 1.98. The molecule has 1 aliphatic heterocycles. The van der Waals surface area contributed by atoms with Crippen LogP contribution >= 0.6 is 0 Å². The Labute approximate surface area is 117 Å². The maximum atomic E-state index is 10.5. The molecule has 1 heterocycles. The summed E-state index contributed by atoms with van der Waals surface area (Å²) in [6.07, 6.45) is 3.54. The predicted molar refractivity (Wildman–Crippen MR) is 80.3 cm³/mol. The zero-order valence-electron chi connectivity index (χ0n) is 12.5. The first-order chi connectivity index (χ1) is 9.10. The van der Waals surface area contributed by atoms with E-state index < -0.39 is 0 Å². The molecule has 2 rings (SSSR count). The zero-order valence-corrected chi connectivity index (χ0v) is 12.5. The first-order valence-electron chi connectivity index (χ1n) is 7.57. The number of piperidine rings is 1. The lowest BCUT2D eigenvalue weighted by Gasteiger charge is -2.33. The number of hydrogen-bond acceptors (Lipinski definition) is 2. The molecule has 1 aromatic carbocycles. The zero-order chi connectivity index (χ0) is 13.8. The van der Waals surface area contributed by atoms with E-state index in [4.69, 9.17) is 0 Å². The van der Waals surface area contributed by atoms with Gasteiger partial charge in [-0.05, 0) is 50.3 Å². The Bertz CT molecular complexity index is 416. The average molecular weight is 261 g/mol. The van der Waals surface area contributed by atoms with Crippen LogP contribution in [0.2, 0.25) is 0 Å². The van der Waals surface area contributed by atoms with Gasteiger partial charge in [0.05, 0.1) is 6.10 Å². The van der Waals surface area contributed by atoms with Crippen molar-refractivity contribution in [2.45, 2.75) is 46.1 Å². The molecule has 106 valence electrons. The van der Waals surface area contributed by atoms with Gasteiger partial charge >= 0.3 is 0 Å². The number of aryl methyl sites for hydroxylation is 2. The molecule has 1 aromatic rings. The van der Waals surface area contributed by atoms with Crippen molar-refractivity contribution in [2.75, 3.05) is 19.6 Å². The van der Waals surface area contributed by atoms with E-state index in [1.165, 1.54) is 30.4 Å². The lowest BCUT2D eigenvalue weighted by Crippen LogP contribution is -2.38. The van der Waals surface area contributed by atoms with Gasteiger partial charge in [0, 0.05) is 13.1 Å². The molecule has 0 radical (unpaired) electrons. The fourth-order valence-electron chi connectivity index (χ4n) is 3.19. The van der Waals surface area contributed by atoms with Crippen molar-refractivity contribution in [1.82, 2.24) is 4.90 Å². The summed E-state index contributed by atoms with van der Waals surface area (Å²) in [7, 11) is 0. The number of benzene rings is 1. The Morgan fingerprint density at radius 1 is 1.37 bits per heavy atom. The molecule has 1 aliphatic rings. The van der Waals surface area contributed by atoms with E-state index in [0.717, 1.165) is 31.1 Å². The molecule has 0 bridgehead atoms. The quantitative estimate of drug-likeness (QED) is 0.897. The van der Waals surface area contributed by atoms with Crippen molar-refractivity contribution in [3.05, 3.63) is 34.9 Å². The maximum Gasteiger partial charge on any atom is 0.0919 e. The molecule has 0 aliphatic carbocycles. The highest BCUT2D eigenvalue weighted by Gasteiger charge is 2.21. The van der Waals surface area contributed by atoms with Crippen LogP contribution in [0.5, 0.6) is 0 Å². The molecule has 2 nitrogen and oxygen atoms in total. The molecule has 1 saturated heterocycles. The molecule has 0 aromatic heterocycles. The van der Waals surface area contributed by atoms with E-state index in [0.29, 0.717) is 0 Å². The van der Waals surface area contributed by atoms with Crippen LogP contribution in [0.3, 0.4) is 0 Å². The molecule has 2 heteroatoms. The minimum atomic E-state index is -0.351. The predicted octanol–water partition coefficient (Wildman–Crippen LogP) is 3.46. The molecule has 0 saturated carbocycles. The first kappa shape index (κ1) is 14.5. The van der Waals surface area contributed by atoms with Gasteiger partial charge < -0.3 is 10.0 Å². The summed E-state index contributed by atoms with van der Waals surface area (Å²) in [6, 6.07) is 6.33. The first-order valence-corrected chi connectivity index (χ1v) is 7.57. The second kappa shape index (κ2) is 6.53. The summed E-state index contributed by atoms with van der Waals surface area (Å²) in [4.78, 5) is 2.43. The third kappa shape index (κ3) is 3.80. The Kier molecular flexibility index (Phi) is 5.00. The van der Waals surface area contributed by atoms with Crippen LogP contribution in [0, 0.1) is 19.8 Å². The van der Waals surface area contributed by atoms with Crippen LogP contribution in [-0.4, -0.2) is 29.6 Å². The highest BCUT2D eigenvalue weighted by Crippen LogP contribution is 2.24. The van der Waals surface area contributed by atoms with Crippen molar-refractivity contribution in [1.29, 1.82) is 0 Å². The van der Waals surface area contributed by atoms with Crippen LogP contribution in [0.1, 0.15) is 49.0 Å². The summed E-state index contributed by atoms with van der Waals surface area (Å²) >= 11 is 0. The van der Waals surface area contributed by atoms with Crippen molar-refractivity contribution in [3.63, 3.8) is 0 Å². The summed E-state index contributed by atoms with van der Waals surface area (Å²) in [5.74, 6) is 0.820. The Morgan fingerprint density at radius 3 is 2.84 bits per heavy atom. The van der Waals surface area contributed by atoms with Gasteiger partial charge in [-0.15, -0.1) is 0 Å². The topological polar surface area (TPSA) is 23.5 Å². The SMILES string of the molecule is CCC1CCCN(CC(O)c2ccc(C)cc2C)C1. The largest absolute Gasteiger partial charge is 0.387 e. The van der Waals surface area contributed by atoms with Crippen molar-refractivity contribution in [3.8, 4) is 0 Å². The monoisotopic (exact) mass is 261 g/mol. The lowest BCUT2D eigenvalue weighted by atomic mass is 9.94. The van der Waals surface area contributed by atoms with Crippen LogP contribution in [-0.2, 0) is 0 Å². The van der Waals surface area contributed by atoms with Gasteiger partial charge in [0.15, 0.2) is 0 Å². The van der Waals surface area contributed by atoms with E-state index in [1.54, 1.807) is 0 Å². The maximum absolute atomic E-state index is 10.5. The molecular weight excluding hydrogens is 234 g/mol. The van der Waals surface area contributed by atoms with Crippen LogP contribution in [0.15, 0.2) is 18.2 Å². The second-order valence-electron chi connectivity index (χ2n) is 6.05. The van der Waals surface area contributed by atoms with E-state index in [1.807, 2.05) is 0 Å². The number of aliphatic hydroxyl groups excluding tert-OH is 1. The van der Waals surface area contributed by atoms with Gasteiger partial charge in [-0.3, -0.25) is 0 Å². The molecule has 0 spiro atoms. The fourth-order valence-corrected chi connectivity index (χ4v) is 3.19. The van der Waals surface area contributed by atoms with E-state index in [-0.39, 0.29) is 6.10 Å². The number of aliphatic hydroxyl groups is 1. The van der Waals surface area contributed by atoms with Crippen LogP contribution in [0.4, 0.5) is 0 Å².